The SMILES string of the molecule is CC(c1ccccc1)N(Cc1ccccc1O)C(=O)CCc1nc(-c2ccco2)no1. The number of benzene rings is 2. The van der Waals surface area contributed by atoms with Crippen LogP contribution in [0, 0.1) is 0 Å². The minimum Gasteiger partial charge on any atom is -0.508 e. The van der Waals surface area contributed by atoms with E-state index >= 15 is 0 Å². The van der Waals surface area contributed by atoms with Crippen molar-refractivity contribution < 1.29 is 18.8 Å². The minimum absolute atomic E-state index is 0.0719. The fourth-order valence-electron chi connectivity index (χ4n) is 3.40. The van der Waals surface area contributed by atoms with Gasteiger partial charge in [0.15, 0.2) is 5.76 Å². The molecule has 0 aliphatic carbocycles. The maximum Gasteiger partial charge on any atom is 0.238 e. The van der Waals surface area contributed by atoms with Crippen LogP contribution in [-0.4, -0.2) is 26.1 Å². The highest BCUT2D eigenvalue weighted by Crippen LogP contribution is 2.27. The molecule has 0 saturated carbocycles. The first-order valence-electron chi connectivity index (χ1n) is 10.1. The lowest BCUT2D eigenvalue weighted by molar-refractivity contribution is -0.134. The molecule has 7 heteroatoms. The summed E-state index contributed by atoms with van der Waals surface area (Å²) >= 11 is 0. The van der Waals surface area contributed by atoms with E-state index in [0.717, 1.165) is 5.56 Å². The van der Waals surface area contributed by atoms with Crippen molar-refractivity contribution >= 4 is 5.91 Å². The summed E-state index contributed by atoms with van der Waals surface area (Å²) in [5.74, 6) is 1.34. The Balaban J connectivity index is 1.50. The highest BCUT2D eigenvalue weighted by Gasteiger charge is 2.23. The van der Waals surface area contributed by atoms with Crippen LogP contribution in [0.4, 0.5) is 0 Å². The van der Waals surface area contributed by atoms with E-state index in [4.69, 9.17) is 8.94 Å². The summed E-state index contributed by atoms with van der Waals surface area (Å²) in [7, 11) is 0. The number of aromatic nitrogens is 2. The van der Waals surface area contributed by atoms with Gasteiger partial charge < -0.3 is 18.9 Å². The van der Waals surface area contributed by atoms with Crippen LogP contribution >= 0.6 is 0 Å². The van der Waals surface area contributed by atoms with Gasteiger partial charge in [0, 0.05) is 24.9 Å². The zero-order valence-electron chi connectivity index (χ0n) is 17.1. The Morgan fingerprint density at radius 3 is 2.58 bits per heavy atom. The van der Waals surface area contributed by atoms with Crippen molar-refractivity contribution in [2.45, 2.75) is 32.4 Å². The van der Waals surface area contributed by atoms with Crippen molar-refractivity contribution in [3.8, 4) is 17.3 Å². The monoisotopic (exact) mass is 417 g/mol. The van der Waals surface area contributed by atoms with Gasteiger partial charge in [0.1, 0.15) is 5.75 Å². The lowest BCUT2D eigenvalue weighted by atomic mass is 10.0. The van der Waals surface area contributed by atoms with E-state index in [1.165, 1.54) is 6.26 Å². The Hall–Kier alpha value is -3.87. The van der Waals surface area contributed by atoms with Crippen molar-refractivity contribution in [3.63, 3.8) is 0 Å². The standard InChI is InChI=1S/C24H23N3O4/c1-17(18-8-3-2-4-9-18)27(16-19-10-5-6-11-20(19)28)23(29)14-13-22-25-24(26-31-22)21-12-7-15-30-21/h2-12,15,17,28H,13-14,16H2,1H3. The average molecular weight is 417 g/mol. The summed E-state index contributed by atoms with van der Waals surface area (Å²) in [6, 6.07) is 20.2. The Labute approximate surface area is 179 Å². The molecular weight excluding hydrogens is 394 g/mol. The van der Waals surface area contributed by atoms with Crippen molar-refractivity contribution in [2.75, 3.05) is 0 Å². The molecule has 4 aromatic rings. The predicted octanol–water partition coefficient (Wildman–Crippen LogP) is 4.76. The van der Waals surface area contributed by atoms with Crippen LogP contribution in [0.3, 0.4) is 0 Å². The number of hydrogen-bond donors (Lipinski definition) is 1. The maximum atomic E-state index is 13.2. The molecule has 0 aliphatic heterocycles. The number of phenolic OH excluding ortho intramolecular Hbond substituents is 1. The summed E-state index contributed by atoms with van der Waals surface area (Å²) in [6.45, 7) is 2.28. The van der Waals surface area contributed by atoms with Gasteiger partial charge >= 0.3 is 0 Å². The Bertz CT molecular complexity index is 1120. The van der Waals surface area contributed by atoms with Crippen LogP contribution in [0.15, 0.2) is 81.9 Å². The van der Waals surface area contributed by atoms with E-state index < -0.39 is 0 Å². The second kappa shape index (κ2) is 9.30. The van der Waals surface area contributed by atoms with E-state index in [0.29, 0.717) is 36.0 Å². The number of aromatic hydroxyl groups is 1. The third kappa shape index (κ3) is 4.83. The van der Waals surface area contributed by atoms with E-state index in [1.54, 1.807) is 29.2 Å². The molecule has 1 atom stereocenters. The number of furan rings is 1. The van der Waals surface area contributed by atoms with Gasteiger partial charge in [-0.3, -0.25) is 4.79 Å². The number of hydrogen-bond acceptors (Lipinski definition) is 6. The Morgan fingerprint density at radius 2 is 1.84 bits per heavy atom. The zero-order chi connectivity index (χ0) is 21.6. The number of carbonyl (C=O) groups is 1. The minimum atomic E-state index is -0.172. The number of nitrogens with zero attached hydrogens (tertiary/aromatic N) is 3. The van der Waals surface area contributed by atoms with Gasteiger partial charge in [-0.05, 0) is 30.7 Å². The second-order valence-electron chi connectivity index (χ2n) is 7.23. The average Bonchev–Trinajstić information content (AvgIpc) is 3.49. The molecule has 0 spiro atoms. The van der Waals surface area contributed by atoms with Crippen LogP contribution in [0.1, 0.15) is 36.4 Å². The van der Waals surface area contributed by atoms with Gasteiger partial charge in [0.25, 0.3) is 0 Å². The smallest absolute Gasteiger partial charge is 0.238 e. The number of rotatable bonds is 8. The molecule has 1 N–H and O–H groups in total. The Kier molecular flexibility index (Phi) is 6.12. The number of aryl methyl sites for hydroxylation is 1. The fraction of sp³-hybridized carbons (Fsp3) is 0.208. The molecule has 0 fully saturated rings. The topological polar surface area (TPSA) is 92.6 Å². The van der Waals surface area contributed by atoms with Crippen molar-refractivity contribution in [1.29, 1.82) is 0 Å². The lowest BCUT2D eigenvalue weighted by Gasteiger charge is -2.30. The van der Waals surface area contributed by atoms with Crippen LogP contribution in [0.2, 0.25) is 0 Å². The number of para-hydroxylation sites is 1. The van der Waals surface area contributed by atoms with E-state index in [9.17, 15) is 9.90 Å². The van der Waals surface area contributed by atoms with Crippen molar-refractivity contribution in [3.05, 3.63) is 90.0 Å². The number of phenols is 1. The molecule has 1 amide bonds. The molecule has 2 heterocycles. The van der Waals surface area contributed by atoms with Crippen molar-refractivity contribution in [1.82, 2.24) is 15.0 Å². The van der Waals surface area contributed by atoms with Crippen LogP contribution in [0.25, 0.3) is 11.6 Å². The molecule has 0 aliphatic rings. The summed E-state index contributed by atoms with van der Waals surface area (Å²) in [6.07, 6.45) is 2.05. The molecule has 158 valence electrons. The van der Waals surface area contributed by atoms with Gasteiger partial charge in [0.05, 0.1) is 12.3 Å². The molecule has 31 heavy (non-hydrogen) atoms. The highest BCUT2D eigenvalue weighted by atomic mass is 16.5. The molecular formula is C24H23N3O4. The highest BCUT2D eigenvalue weighted by molar-refractivity contribution is 5.77. The van der Waals surface area contributed by atoms with Gasteiger partial charge in [-0.1, -0.05) is 53.7 Å². The van der Waals surface area contributed by atoms with Gasteiger partial charge in [-0.2, -0.15) is 4.98 Å². The van der Waals surface area contributed by atoms with Gasteiger partial charge in [-0.25, -0.2) is 0 Å². The fourth-order valence-corrected chi connectivity index (χ4v) is 3.40. The third-order valence-electron chi connectivity index (χ3n) is 5.16. The molecule has 2 aromatic carbocycles. The predicted molar refractivity (Wildman–Crippen MR) is 114 cm³/mol. The molecule has 4 rings (SSSR count). The van der Waals surface area contributed by atoms with E-state index in [2.05, 4.69) is 10.1 Å². The molecule has 7 nitrogen and oxygen atoms in total. The maximum absolute atomic E-state index is 13.2. The molecule has 2 aromatic heterocycles. The largest absolute Gasteiger partial charge is 0.508 e. The van der Waals surface area contributed by atoms with E-state index in [1.807, 2.05) is 49.4 Å². The number of carbonyl (C=O) groups excluding carboxylic acids is 1. The third-order valence-corrected chi connectivity index (χ3v) is 5.16. The van der Waals surface area contributed by atoms with Crippen LogP contribution in [-0.2, 0) is 17.8 Å². The van der Waals surface area contributed by atoms with E-state index in [-0.39, 0.29) is 24.1 Å². The zero-order valence-corrected chi connectivity index (χ0v) is 17.1. The quantitative estimate of drug-likeness (QED) is 0.444. The molecule has 0 bridgehead atoms. The summed E-state index contributed by atoms with van der Waals surface area (Å²) in [4.78, 5) is 19.3. The molecule has 0 radical (unpaired) electrons. The lowest BCUT2D eigenvalue weighted by Crippen LogP contribution is -2.33. The first-order valence-corrected chi connectivity index (χ1v) is 10.1. The van der Waals surface area contributed by atoms with Crippen molar-refractivity contribution in [2.24, 2.45) is 0 Å². The summed E-state index contributed by atoms with van der Waals surface area (Å²) in [5, 5.41) is 14.1. The van der Waals surface area contributed by atoms with Gasteiger partial charge in [-0.15, -0.1) is 0 Å². The molecule has 1 unspecified atom stereocenters. The first-order chi connectivity index (χ1) is 15.1. The summed E-state index contributed by atoms with van der Waals surface area (Å²) in [5.41, 5.74) is 1.71. The van der Waals surface area contributed by atoms with Crippen LogP contribution in [0.5, 0.6) is 5.75 Å². The Morgan fingerprint density at radius 1 is 1.06 bits per heavy atom. The summed E-state index contributed by atoms with van der Waals surface area (Å²) < 4.78 is 10.5. The molecule has 0 saturated heterocycles. The van der Waals surface area contributed by atoms with Gasteiger partial charge in [0.2, 0.25) is 17.6 Å². The normalized spacial score (nSPS) is 11.9. The number of amides is 1. The van der Waals surface area contributed by atoms with Crippen LogP contribution < -0.4 is 0 Å². The second-order valence-corrected chi connectivity index (χ2v) is 7.23. The first kappa shape index (κ1) is 20.4.